The van der Waals surface area contributed by atoms with E-state index in [0.717, 1.165) is 49.8 Å². The van der Waals surface area contributed by atoms with Gasteiger partial charge in [0.25, 0.3) is 0 Å². The van der Waals surface area contributed by atoms with E-state index >= 15 is 0 Å². The summed E-state index contributed by atoms with van der Waals surface area (Å²) < 4.78 is 13.5. The maximum absolute atomic E-state index is 5.86. The molecule has 0 amide bonds. The van der Waals surface area contributed by atoms with Crippen molar-refractivity contribution in [2.45, 2.75) is 52.2 Å². The van der Waals surface area contributed by atoms with E-state index in [-0.39, 0.29) is 6.23 Å². The van der Waals surface area contributed by atoms with Gasteiger partial charge in [-0.1, -0.05) is 19.9 Å². The predicted molar refractivity (Wildman–Crippen MR) is 93.1 cm³/mol. The first kappa shape index (κ1) is 16.1. The number of rotatable bonds is 6. The van der Waals surface area contributed by atoms with Crippen LogP contribution in [0.4, 0.5) is 0 Å². The van der Waals surface area contributed by atoms with E-state index in [9.17, 15) is 0 Å². The normalized spacial score (nSPS) is 19.2. The summed E-state index contributed by atoms with van der Waals surface area (Å²) in [6, 6.07) is 6.51. The molecule has 0 radical (unpaired) electrons. The van der Waals surface area contributed by atoms with E-state index in [1.807, 2.05) is 17.1 Å². The maximum atomic E-state index is 5.86. The third-order valence-electron chi connectivity index (χ3n) is 4.32. The van der Waals surface area contributed by atoms with Gasteiger partial charge in [-0.3, -0.25) is 0 Å². The number of fused-ring (bicyclic) bond motifs is 1. The highest BCUT2D eigenvalue weighted by molar-refractivity contribution is 5.83. The molecule has 23 heavy (non-hydrogen) atoms. The van der Waals surface area contributed by atoms with Crippen LogP contribution >= 0.6 is 0 Å². The molecule has 124 valence electrons. The van der Waals surface area contributed by atoms with Crippen LogP contribution in [0.3, 0.4) is 0 Å². The van der Waals surface area contributed by atoms with Gasteiger partial charge in [-0.25, -0.2) is 4.68 Å². The largest absolute Gasteiger partial charge is 0.501 e. The molecule has 2 aromatic rings. The van der Waals surface area contributed by atoms with Crippen LogP contribution in [0.25, 0.3) is 16.5 Å². The molecule has 1 saturated heterocycles. The minimum atomic E-state index is 0.0844. The van der Waals surface area contributed by atoms with Crippen LogP contribution in [-0.4, -0.2) is 23.0 Å². The van der Waals surface area contributed by atoms with Gasteiger partial charge >= 0.3 is 0 Å². The lowest BCUT2D eigenvalue weighted by Crippen LogP contribution is -2.18. The minimum Gasteiger partial charge on any atom is -0.501 e. The minimum absolute atomic E-state index is 0.0844. The zero-order chi connectivity index (χ0) is 16.1. The van der Waals surface area contributed by atoms with Crippen molar-refractivity contribution in [3.8, 4) is 0 Å². The van der Waals surface area contributed by atoms with Gasteiger partial charge in [0.2, 0.25) is 0 Å². The van der Waals surface area contributed by atoms with E-state index in [4.69, 9.17) is 9.47 Å². The zero-order valence-electron chi connectivity index (χ0n) is 14.1. The summed E-state index contributed by atoms with van der Waals surface area (Å²) in [4.78, 5) is 0. The Balaban J connectivity index is 1.86. The highest BCUT2D eigenvalue weighted by Crippen LogP contribution is 2.28. The zero-order valence-corrected chi connectivity index (χ0v) is 14.1. The lowest BCUT2D eigenvalue weighted by molar-refractivity contribution is -0.0366. The molecule has 3 rings (SSSR count). The number of nitrogens with zero attached hydrogens (tertiary/aromatic N) is 2. The number of hydrogen-bond acceptors (Lipinski definition) is 3. The van der Waals surface area contributed by atoms with E-state index < -0.39 is 0 Å². The number of hydrogen-bond donors (Lipinski definition) is 0. The lowest BCUT2D eigenvalue weighted by Gasteiger charge is -2.23. The fourth-order valence-corrected chi connectivity index (χ4v) is 3.03. The van der Waals surface area contributed by atoms with Crippen LogP contribution < -0.4 is 0 Å². The Morgan fingerprint density at radius 3 is 3.04 bits per heavy atom. The van der Waals surface area contributed by atoms with Crippen LogP contribution in [0.5, 0.6) is 0 Å². The Labute approximate surface area is 138 Å². The number of ether oxygens (including phenoxy) is 2. The summed E-state index contributed by atoms with van der Waals surface area (Å²) in [5, 5.41) is 5.72. The number of benzene rings is 1. The van der Waals surface area contributed by atoms with Gasteiger partial charge in [-0.2, -0.15) is 5.10 Å². The molecule has 0 saturated carbocycles. The highest BCUT2D eigenvalue weighted by Gasteiger charge is 2.18. The molecule has 1 unspecified atom stereocenters. The Morgan fingerprint density at radius 2 is 2.30 bits per heavy atom. The monoisotopic (exact) mass is 314 g/mol. The van der Waals surface area contributed by atoms with Crippen LogP contribution in [-0.2, 0) is 9.47 Å². The first-order valence-electron chi connectivity index (χ1n) is 8.73. The molecule has 2 heterocycles. The van der Waals surface area contributed by atoms with Gasteiger partial charge in [-0.05, 0) is 55.4 Å². The van der Waals surface area contributed by atoms with Crippen molar-refractivity contribution < 1.29 is 9.47 Å². The second-order valence-corrected chi connectivity index (χ2v) is 6.05. The van der Waals surface area contributed by atoms with Crippen molar-refractivity contribution in [1.82, 2.24) is 9.78 Å². The molecular formula is C19H26N2O2. The average Bonchev–Trinajstić information content (AvgIpc) is 3.03. The first-order valence-corrected chi connectivity index (χ1v) is 8.73. The van der Waals surface area contributed by atoms with Crippen LogP contribution in [0.1, 0.15) is 57.7 Å². The van der Waals surface area contributed by atoms with Gasteiger partial charge in [-0.15, -0.1) is 0 Å². The number of allylic oxidation sites excluding steroid dienone is 1. The summed E-state index contributed by atoms with van der Waals surface area (Å²) in [6.07, 6.45) is 9.32. The van der Waals surface area contributed by atoms with Gasteiger partial charge < -0.3 is 9.47 Å². The molecule has 0 aliphatic carbocycles. The highest BCUT2D eigenvalue weighted by atomic mass is 16.5. The third kappa shape index (κ3) is 3.58. The molecule has 4 nitrogen and oxygen atoms in total. The van der Waals surface area contributed by atoms with E-state index in [2.05, 4.69) is 37.1 Å². The van der Waals surface area contributed by atoms with Crippen molar-refractivity contribution in [2.24, 2.45) is 0 Å². The lowest BCUT2D eigenvalue weighted by atomic mass is 10.0. The van der Waals surface area contributed by atoms with Crippen molar-refractivity contribution in [3.63, 3.8) is 0 Å². The SMILES string of the molecule is CCCO/C=C(\CC)c1ccc2c(cnn2C2CCCCO2)c1. The van der Waals surface area contributed by atoms with Crippen molar-refractivity contribution in [3.05, 3.63) is 36.2 Å². The van der Waals surface area contributed by atoms with Crippen LogP contribution in [0, 0.1) is 0 Å². The predicted octanol–water partition coefficient (Wildman–Crippen LogP) is 4.91. The van der Waals surface area contributed by atoms with Crippen LogP contribution in [0.15, 0.2) is 30.7 Å². The second-order valence-electron chi connectivity index (χ2n) is 6.05. The van der Waals surface area contributed by atoms with Gasteiger partial charge in [0, 0.05) is 12.0 Å². The molecule has 1 aromatic heterocycles. The Morgan fingerprint density at radius 1 is 1.39 bits per heavy atom. The maximum Gasteiger partial charge on any atom is 0.150 e. The molecule has 0 spiro atoms. The summed E-state index contributed by atoms with van der Waals surface area (Å²) in [5.74, 6) is 0. The average molecular weight is 314 g/mol. The quantitative estimate of drug-likeness (QED) is 0.561. The van der Waals surface area contributed by atoms with E-state index in [0.29, 0.717) is 0 Å². The molecular weight excluding hydrogens is 288 g/mol. The molecule has 1 aliphatic heterocycles. The van der Waals surface area contributed by atoms with Crippen molar-refractivity contribution >= 4 is 16.5 Å². The fraction of sp³-hybridized carbons (Fsp3) is 0.526. The molecule has 1 aliphatic rings. The van der Waals surface area contributed by atoms with E-state index in [1.54, 1.807) is 0 Å². The summed E-state index contributed by atoms with van der Waals surface area (Å²) in [7, 11) is 0. The summed E-state index contributed by atoms with van der Waals surface area (Å²) >= 11 is 0. The fourth-order valence-electron chi connectivity index (χ4n) is 3.03. The summed E-state index contributed by atoms with van der Waals surface area (Å²) in [6.45, 7) is 5.88. The smallest absolute Gasteiger partial charge is 0.150 e. The van der Waals surface area contributed by atoms with Crippen LogP contribution in [0.2, 0.25) is 0 Å². The number of aromatic nitrogens is 2. The molecule has 0 bridgehead atoms. The van der Waals surface area contributed by atoms with Crippen molar-refractivity contribution in [2.75, 3.05) is 13.2 Å². The third-order valence-corrected chi connectivity index (χ3v) is 4.32. The van der Waals surface area contributed by atoms with Crippen molar-refractivity contribution in [1.29, 1.82) is 0 Å². The Kier molecular flexibility index (Phi) is 5.34. The first-order chi connectivity index (χ1) is 11.3. The van der Waals surface area contributed by atoms with Gasteiger partial charge in [0.15, 0.2) is 6.23 Å². The Hall–Kier alpha value is -1.81. The molecule has 4 heteroatoms. The molecule has 1 fully saturated rings. The standard InChI is InChI=1S/C19H26N2O2/c1-3-10-22-14-15(4-2)16-8-9-18-17(12-16)13-20-21(18)19-7-5-6-11-23-19/h8-9,12-14,19H,3-7,10-11H2,1-2H3/b15-14+. The second kappa shape index (κ2) is 7.64. The Bertz CT molecular complexity index is 669. The molecule has 0 N–H and O–H groups in total. The van der Waals surface area contributed by atoms with Gasteiger partial charge in [0.1, 0.15) is 0 Å². The van der Waals surface area contributed by atoms with Gasteiger partial charge in [0.05, 0.1) is 24.6 Å². The topological polar surface area (TPSA) is 36.3 Å². The molecule has 1 aromatic carbocycles. The van der Waals surface area contributed by atoms with E-state index in [1.165, 1.54) is 17.6 Å². The molecule has 1 atom stereocenters. The summed E-state index contributed by atoms with van der Waals surface area (Å²) in [5.41, 5.74) is 3.58.